The second-order valence-corrected chi connectivity index (χ2v) is 5.83. The molecule has 3 heterocycles. The van der Waals surface area contributed by atoms with Gasteiger partial charge in [-0.1, -0.05) is 5.57 Å². The normalized spacial score (nSPS) is 18.0. The van der Waals surface area contributed by atoms with Gasteiger partial charge in [-0.3, -0.25) is 4.68 Å². The van der Waals surface area contributed by atoms with Gasteiger partial charge >= 0.3 is 0 Å². The average Bonchev–Trinajstić information content (AvgIpc) is 3.25. The Morgan fingerprint density at radius 2 is 2.17 bits per heavy atom. The largest absolute Gasteiger partial charge is 0.346 e. The fourth-order valence-corrected chi connectivity index (χ4v) is 3.24. The average molecular weight is 304 g/mol. The topological polar surface area (TPSA) is 83.2 Å². The number of nitrogens with one attached hydrogen (secondary N) is 1. The number of hydrogen-bond donors (Lipinski definition) is 1. The van der Waals surface area contributed by atoms with Crippen molar-refractivity contribution in [1.82, 2.24) is 24.7 Å². The van der Waals surface area contributed by atoms with Crippen LogP contribution in [0.2, 0.25) is 0 Å². The van der Waals surface area contributed by atoms with Crippen molar-refractivity contribution in [3.8, 4) is 17.3 Å². The van der Waals surface area contributed by atoms with E-state index in [0.29, 0.717) is 6.04 Å². The third-order valence-electron chi connectivity index (χ3n) is 4.47. The Hall–Kier alpha value is -2.94. The summed E-state index contributed by atoms with van der Waals surface area (Å²) in [5.41, 5.74) is 4.01. The number of aromatic amines is 1. The molecule has 0 atom stereocenters. The summed E-state index contributed by atoms with van der Waals surface area (Å²) in [5, 5.41) is 14.3. The first-order valence-corrected chi connectivity index (χ1v) is 7.75. The van der Waals surface area contributed by atoms with E-state index in [0.717, 1.165) is 48.0 Å². The number of nitriles is 1. The molecule has 1 saturated carbocycles. The zero-order chi connectivity index (χ0) is 15.6. The first-order valence-electron chi connectivity index (χ1n) is 7.75. The molecule has 0 aliphatic heterocycles. The van der Waals surface area contributed by atoms with Crippen LogP contribution in [-0.2, 0) is 0 Å². The fraction of sp³-hybridized carbons (Fsp3) is 0.294. The Morgan fingerprint density at radius 1 is 1.30 bits per heavy atom. The molecule has 6 nitrogen and oxygen atoms in total. The van der Waals surface area contributed by atoms with Crippen LogP contribution in [0.15, 0.2) is 42.6 Å². The second-order valence-electron chi connectivity index (χ2n) is 5.83. The van der Waals surface area contributed by atoms with Gasteiger partial charge in [-0.2, -0.15) is 10.4 Å². The van der Waals surface area contributed by atoms with Crippen molar-refractivity contribution in [2.75, 3.05) is 0 Å². The van der Waals surface area contributed by atoms with Crippen molar-refractivity contribution in [2.24, 2.45) is 0 Å². The molecule has 3 aromatic heterocycles. The highest BCUT2D eigenvalue weighted by atomic mass is 15.3. The third kappa shape index (κ3) is 2.50. The molecule has 0 saturated heterocycles. The van der Waals surface area contributed by atoms with E-state index < -0.39 is 0 Å². The van der Waals surface area contributed by atoms with E-state index in [1.807, 2.05) is 23.1 Å². The van der Waals surface area contributed by atoms with E-state index in [4.69, 9.17) is 5.26 Å². The predicted molar refractivity (Wildman–Crippen MR) is 86.3 cm³/mol. The summed E-state index contributed by atoms with van der Waals surface area (Å²) < 4.78 is 2.04. The molecule has 23 heavy (non-hydrogen) atoms. The standard InChI is InChI=1S/C17H16N6/c18-7-5-12-1-3-14(4-2-12)23-10-13(9-22-23)16-15-6-8-19-17(15)21-11-20-16/h5-6,8-11,14H,1-4H2,(H,19,20,21). The van der Waals surface area contributed by atoms with Crippen molar-refractivity contribution in [2.45, 2.75) is 31.7 Å². The van der Waals surface area contributed by atoms with Crippen molar-refractivity contribution in [1.29, 1.82) is 5.26 Å². The molecule has 0 radical (unpaired) electrons. The molecule has 1 fully saturated rings. The summed E-state index contributed by atoms with van der Waals surface area (Å²) in [6.45, 7) is 0. The van der Waals surface area contributed by atoms with Crippen LogP contribution in [0.3, 0.4) is 0 Å². The molecule has 1 N–H and O–H groups in total. The van der Waals surface area contributed by atoms with Crippen LogP contribution in [0.4, 0.5) is 0 Å². The molecule has 0 aromatic carbocycles. The highest BCUT2D eigenvalue weighted by Crippen LogP contribution is 2.32. The number of nitrogens with zero attached hydrogens (tertiary/aromatic N) is 5. The maximum atomic E-state index is 8.74. The van der Waals surface area contributed by atoms with Crippen LogP contribution in [0.1, 0.15) is 31.7 Å². The van der Waals surface area contributed by atoms with E-state index in [1.54, 1.807) is 12.4 Å². The van der Waals surface area contributed by atoms with Crippen molar-refractivity contribution < 1.29 is 0 Å². The second kappa shape index (κ2) is 5.69. The molecule has 1 aliphatic rings. The molecule has 0 unspecified atom stereocenters. The van der Waals surface area contributed by atoms with E-state index in [2.05, 4.69) is 32.3 Å². The van der Waals surface area contributed by atoms with Gasteiger partial charge in [0.1, 0.15) is 12.0 Å². The van der Waals surface area contributed by atoms with Gasteiger partial charge in [-0.25, -0.2) is 9.97 Å². The highest BCUT2D eigenvalue weighted by Gasteiger charge is 2.19. The number of rotatable bonds is 2. The zero-order valence-corrected chi connectivity index (χ0v) is 12.6. The van der Waals surface area contributed by atoms with Crippen molar-refractivity contribution in [3.63, 3.8) is 0 Å². The molecule has 0 spiro atoms. The maximum Gasteiger partial charge on any atom is 0.141 e. The predicted octanol–water partition coefficient (Wildman–Crippen LogP) is 3.39. The summed E-state index contributed by atoms with van der Waals surface area (Å²) in [5.74, 6) is 0. The number of aromatic nitrogens is 5. The minimum Gasteiger partial charge on any atom is -0.346 e. The monoisotopic (exact) mass is 304 g/mol. The Bertz CT molecular complexity index is 900. The van der Waals surface area contributed by atoms with E-state index in [-0.39, 0.29) is 0 Å². The molecule has 114 valence electrons. The minimum absolute atomic E-state index is 0.392. The van der Waals surface area contributed by atoms with Gasteiger partial charge in [0.05, 0.1) is 24.0 Å². The maximum absolute atomic E-state index is 8.74. The number of fused-ring (bicyclic) bond motifs is 1. The van der Waals surface area contributed by atoms with Gasteiger partial charge in [0.2, 0.25) is 0 Å². The first-order chi connectivity index (χ1) is 11.3. The zero-order valence-electron chi connectivity index (χ0n) is 12.6. The van der Waals surface area contributed by atoms with Crippen LogP contribution >= 0.6 is 0 Å². The quantitative estimate of drug-likeness (QED) is 0.736. The van der Waals surface area contributed by atoms with Gasteiger partial charge in [-0.15, -0.1) is 0 Å². The van der Waals surface area contributed by atoms with Crippen LogP contribution in [0.5, 0.6) is 0 Å². The van der Waals surface area contributed by atoms with Gasteiger partial charge in [-0.05, 0) is 31.7 Å². The molecule has 0 amide bonds. The van der Waals surface area contributed by atoms with Gasteiger partial charge in [0.25, 0.3) is 0 Å². The first kappa shape index (κ1) is 13.7. The Morgan fingerprint density at radius 3 is 3.00 bits per heavy atom. The summed E-state index contributed by atoms with van der Waals surface area (Å²) in [4.78, 5) is 11.7. The lowest BCUT2D eigenvalue weighted by Crippen LogP contribution is -2.14. The Kier molecular flexibility index (Phi) is 3.39. The van der Waals surface area contributed by atoms with Crippen LogP contribution in [0, 0.1) is 11.3 Å². The summed E-state index contributed by atoms with van der Waals surface area (Å²) in [6.07, 6.45) is 13.1. The molecule has 3 aromatic rings. The summed E-state index contributed by atoms with van der Waals surface area (Å²) in [7, 11) is 0. The highest BCUT2D eigenvalue weighted by molar-refractivity contribution is 5.89. The van der Waals surface area contributed by atoms with Gasteiger partial charge < -0.3 is 4.98 Å². The SMILES string of the molecule is N#CC=C1CCC(n2cc(-c3ncnc4[nH]ccc34)cn2)CC1. The minimum atomic E-state index is 0.392. The molecular weight excluding hydrogens is 288 g/mol. The lowest BCUT2D eigenvalue weighted by Gasteiger charge is -2.23. The van der Waals surface area contributed by atoms with E-state index >= 15 is 0 Å². The van der Waals surface area contributed by atoms with Crippen molar-refractivity contribution in [3.05, 3.63) is 42.6 Å². The third-order valence-corrected chi connectivity index (χ3v) is 4.47. The summed E-state index contributed by atoms with van der Waals surface area (Å²) >= 11 is 0. The number of hydrogen-bond acceptors (Lipinski definition) is 4. The lowest BCUT2D eigenvalue weighted by molar-refractivity contribution is 0.368. The van der Waals surface area contributed by atoms with E-state index in [1.165, 1.54) is 5.57 Å². The Labute approximate surface area is 133 Å². The van der Waals surface area contributed by atoms with Crippen LogP contribution < -0.4 is 0 Å². The Balaban J connectivity index is 1.59. The fourth-order valence-electron chi connectivity index (χ4n) is 3.24. The number of allylic oxidation sites excluding steroid dienone is 2. The molecule has 1 aliphatic carbocycles. The van der Waals surface area contributed by atoms with Crippen LogP contribution in [-0.4, -0.2) is 24.7 Å². The number of H-pyrrole nitrogens is 1. The molecule has 0 bridgehead atoms. The van der Waals surface area contributed by atoms with Crippen molar-refractivity contribution >= 4 is 11.0 Å². The summed E-state index contributed by atoms with van der Waals surface area (Å²) in [6, 6.07) is 4.51. The molecular formula is C17H16N6. The van der Waals surface area contributed by atoms with E-state index in [9.17, 15) is 0 Å². The van der Waals surface area contributed by atoms with Gasteiger partial charge in [0, 0.05) is 29.4 Å². The van der Waals surface area contributed by atoms with Gasteiger partial charge in [0.15, 0.2) is 0 Å². The lowest BCUT2D eigenvalue weighted by atomic mass is 9.91. The van der Waals surface area contributed by atoms with Crippen LogP contribution in [0.25, 0.3) is 22.3 Å². The molecule has 6 heteroatoms. The smallest absolute Gasteiger partial charge is 0.141 e. The molecule has 4 rings (SSSR count).